The van der Waals surface area contributed by atoms with Crippen LogP contribution < -0.4 is 4.65 Å². The van der Waals surface area contributed by atoms with Gasteiger partial charge in [-0.3, -0.25) is 0 Å². The van der Waals surface area contributed by atoms with Gasteiger partial charge >= 0.3 is 0 Å². The summed E-state index contributed by atoms with van der Waals surface area (Å²) in [6.45, 7) is 2.84. The van der Waals surface area contributed by atoms with Gasteiger partial charge in [0.25, 0.3) is 0 Å². The van der Waals surface area contributed by atoms with Gasteiger partial charge in [0.05, 0.1) is 0 Å². The van der Waals surface area contributed by atoms with Gasteiger partial charge in [0.15, 0.2) is 11.5 Å². The minimum absolute atomic E-state index is 0.307. The highest BCUT2D eigenvalue weighted by atomic mass is 32.2. The van der Waals surface area contributed by atoms with Gasteiger partial charge in [-0.1, -0.05) is 18.2 Å². The molecule has 0 unspecified atom stereocenters. The fourth-order valence-electron chi connectivity index (χ4n) is 1.97. The van der Waals surface area contributed by atoms with E-state index in [-0.39, 0.29) is 4.65 Å². The number of hydrogen-bond donors (Lipinski definition) is 0. The summed E-state index contributed by atoms with van der Waals surface area (Å²) >= 11 is -0.783. The highest BCUT2D eigenvalue weighted by Gasteiger charge is 2.31. The fourth-order valence-corrected chi connectivity index (χ4v) is 3.18. The predicted molar refractivity (Wildman–Crippen MR) is 64.0 cm³/mol. The first-order valence-electron chi connectivity index (χ1n) is 5.11. The van der Waals surface area contributed by atoms with E-state index in [4.69, 9.17) is 0 Å². The lowest BCUT2D eigenvalue weighted by molar-refractivity contribution is 0.392. The maximum atomic E-state index is 12.5. The highest BCUT2D eigenvalue weighted by molar-refractivity contribution is 7.91. The molecule has 0 aromatic heterocycles. The lowest BCUT2D eigenvalue weighted by Gasteiger charge is -2.45. The van der Waals surface area contributed by atoms with Crippen LogP contribution in [0.5, 0.6) is 0 Å². The summed E-state index contributed by atoms with van der Waals surface area (Å²) in [5.41, 5.74) is 1.86. The van der Waals surface area contributed by atoms with Crippen LogP contribution >= 0.6 is 0 Å². The third-order valence-electron chi connectivity index (χ3n) is 2.91. The largest absolute Gasteiger partial charge is 0.627 e. The molecule has 0 saturated carbocycles. The summed E-state index contributed by atoms with van der Waals surface area (Å²) in [7, 11) is 0. The second-order valence-corrected chi connectivity index (χ2v) is 5.67. The first-order valence-corrected chi connectivity index (χ1v) is 6.60. The summed E-state index contributed by atoms with van der Waals surface area (Å²) in [4.78, 5) is 0. The molecule has 1 fully saturated rings. The molecule has 0 radical (unpaired) electrons. The van der Waals surface area contributed by atoms with Crippen LogP contribution in [0.25, 0.3) is 0 Å². The smallest absolute Gasteiger partial charge is 0.155 e. The Morgan fingerprint density at radius 1 is 1.20 bits per heavy atom. The van der Waals surface area contributed by atoms with Crippen LogP contribution in [0.1, 0.15) is 5.56 Å². The van der Waals surface area contributed by atoms with E-state index in [1.807, 2.05) is 31.2 Å². The van der Waals surface area contributed by atoms with E-state index in [1.54, 1.807) is 0 Å². The quantitative estimate of drug-likeness (QED) is 0.413. The van der Waals surface area contributed by atoms with E-state index < -0.39 is 11.2 Å². The SMILES string of the molecule is Cc1ccccc1[N+]1([O-])CC[S+]([O-])CC1. The summed E-state index contributed by atoms with van der Waals surface area (Å²) < 4.78 is 10.9. The Labute approximate surface area is 93.1 Å². The van der Waals surface area contributed by atoms with Gasteiger partial charge in [-0.15, -0.1) is 0 Å². The molecule has 0 atom stereocenters. The Morgan fingerprint density at radius 2 is 1.80 bits per heavy atom. The van der Waals surface area contributed by atoms with Crippen LogP contribution in [-0.2, 0) is 11.2 Å². The van der Waals surface area contributed by atoms with E-state index in [0.29, 0.717) is 24.6 Å². The van der Waals surface area contributed by atoms with Crippen molar-refractivity contribution < 1.29 is 4.55 Å². The van der Waals surface area contributed by atoms with Gasteiger partial charge in [-0.25, -0.2) is 0 Å². The minimum Gasteiger partial charge on any atom is -0.627 e. The van der Waals surface area contributed by atoms with Gasteiger partial charge in [0, 0.05) is 5.56 Å². The molecule has 82 valence electrons. The number of nitrogens with zero attached hydrogens (tertiary/aromatic N) is 1. The summed E-state index contributed by atoms with van der Waals surface area (Å²) in [6, 6.07) is 7.67. The Morgan fingerprint density at radius 3 is 2.40 bits per heavy atom. The van der Waals surface area contributed by atoms with Crippen molar-refractivity contribution in [2.45, 2.75) is 6.92 Å². The van der Waals surface area contributed by atoms with Crippen LogP contribution in [-0.4, -0.2) is 29.1 Å². The number of quaternary nitrogens is 1. The van der Waals surface area contributed by atoms with Gasteiger partial charge in [0.2, 0.25) is 0 Å². The van der Waals surface area contributed by atoms with E-state index in [2.05, 4.69) is 0 Å². The Hall–Kier alpha value is -0.550. The standard InChI is InChI=1S/C11H15NO2S/c1-10-4-2-3-5-11(10)12(13)6-8-15(14)9-7-12/h2-5H,6-9H2,1H3. The Kier molecular flexibility index (Phi) is 3.02. The number of benzene rings is 1. The zero-order valence-corrected chi connectivity index (χ0v) is 9.63. The Bertz CT molecular complexity index is 348. The number of hydrogen-bond acceptors (Lipinski definition) is 2. The van der Waals surface area contributed by atoms with Crippen molar-refractivity contribution in [1.29, 1.82) is 0 Å². The molecule has 4 heteroatoms. The number of aryl methyl sites for hydroxylation is 1. The average Bonchev–Trinajstić information content (AvgIpc) is 2.23. The lowest BCUT2D eigenvalue weighted by Crippen LogP contribution is -2.54. The van der Waals surface area contributed by atoms with Crippen molar-refractivity contribution in [3.05, 3.63) is 35.0 Å². The van der Waals surface area contributed by atoms with Crippen molar-refractivity contribution in [2.75, 3.05) is 24.6 Å². The Balaban J connectivity index is 2.26. The molecule has 1 aromatic rings. The molecule has 0 bridgehead atoms. The first kappa shape index (κ1) is 11.0. The molecule has 1 aliphatic heterocycles. The maximum Gasteiger partial charge on any atom is 0.155 e. The molecule has 2 rings (SSSR count). The molecule has 1 aliphatic rings. The van der Waals surface area contributed by atoms with Gasteiger partial charge < -0.3 is 14.4 Å². The molecular formula is C11H15NO2S. The third kappa shape index (κ3) is 2.18. The highest BCUT2D eigenvalue weighted by Crippen LogP contribution is 2.28. The first-order chi connectivity index (χ1) is 7.12. The second kappa shape index (κ2) is 4.14. The number of hydroxylamine groups is 2. The molecule has 0 spiro atoms. The molecule has 3 nitrogen and oxygen atoms in total. The zero-order valence-electron chi connectivity index (χ0n) is 8.81. The van der Waals surface area contributed by atoms with Crippen LogP contribution in [0.2, 0.25) is 0 Å². The summed E-state index contributed by atoms with van der Waals surface area (Å²) in [6.07, 6.45) is 0. The molecule has 0 N–H and O–H groups in total. The molecule has 0 amide bonds. The van der Waals surface area contributed by atoms with E-state index in [1.165, 1.54) is 0 Å². The van der Waals surface area contributed by atoms with Crippen molar-refractivity contribution >= 4 is 16.9 Å². The van der Waals surface area contributed by atoms with Crippen molar-refractivity contribution in [1.82, 2.24) is 4.65 Å². The zero-order chi connectivity index (χ0) is 10.9. The van der Waals surface area contributed by atoms with Crippen LogP contribution in [0, 0.1) is 12.1 Å². The monoisotopic (exact) mass is 225 g/mol. The number of para-hydroxylation sites is 1. The van der Waals surface area contributed by atoms with Crippen molar-refractivity contribution in [3.8, 4) is 0 Å². The average molecular weight is 225 g/mol. The molecule has 15 heavy (non-hydrogen) atoms. The van der Waals surface area contributed by atoms with E-state index in [0.717, 1.165) is 11.3 Å². The third-order valence-corrected chi connectivity index (χ3v) is 4.19. The fraction of sp³-hybridized carbons (Fsp3) is 0.455. The molecule has 1 aromatic carbocycles. The van der Waals surface area contributed by atoms with Crippen LogP contribution in [0.15, 0.2) is 24.3 Å². The predicted octanol–water partition coefficient (Wildman–Crippen LogP) is 1.56. The molecular weight excluding hydrogens is 210 g/mol. The maximum absolute atomic E-state index is 12.5. The molecule has 0 aliphatic carbocycles. The van der Waals surface area contributed by atoms with E-state index >= 15 is 0 Å². The molecule has 1 heterocycles. The van der Waals surface area contributed by atoms with Crippen LogP contribution in [0.4, 0.5) is 5.69 Å². The summed E-state index contributed by atoms with van der Waals surface area (Å²) in [5.74, 6) is 1.05. The van der Waals surface area contributed by atoms with E-state index in [9.17, 15) is 9.76 Å². The number of rotatable bonds is 1. The molecule has 1 saturated heterocycles. The second-order valence-electron chi connectivity index (χ2n) is 3.97. The van der Waals surface area contributed by atoms with Gasteiger partial charge in [-0.05, 0) is 24.2 Å². The summed E-state index contributed by atoms with van der Waals surface area (Å²) in [5, 5.41) is 12.5. The minimum atomic E-state index is -0.783. The van der Waals surface area contributed by atoms with Crippen molar-refractivity contribution in [3.63, 3.8) is 0 Å². The van der Waals surface area contributed by atoms with Crippen LogP contribution in [0.3, 0.4) is 0 Å². The normalized spacial score (nSPS) is 31.5. The lowest BCUT2D eigenvalue weighted by atomic mass is 10.1. The van der Waals surface area contributed by atoms with Gasteiger partial charge in [-0.2, -0.15) is 0 Å². The topological polar surface area (TPSA) is 46.1 Å². The van der Waals surface area contributed by atoms with Crippen molar-refractivity contribution in [2.24, 2.45) is 0 Å². The van der Waals surface area contributed by atoms with Gasteiger partial charge in [0.1, 0.15) is 18.8 Å².